The summed E-state index contributed by atoms with van der Waals surface area (Å²) in [4.78, 5) is 11.1. The molecule has 2 saturated carbocycles. The Morgan fingerprint density at radius 3 is 2.46 bits per heavy atom. The van der Waals surface area contributed by atoms with E-state index in [1.807, 2.05) is 0 Å². The van der Waals surface area contributed by atoms with E-state index in [4.69, 9.17) is 0 Å². The van der Waals surface area contributed by atoms with Crippen LogP contribution in [0.25, 0.3) is 0 Å². The zero-order chi connectivity index (χ0) is 9.80. The van der Waals surface area contributed by atoms with Crippen LogP contribution >= 0.6 is 0 Å². The summed E-state index contributed by atoms with van der Waals surface area (Å²) in [6.07, 6.45) is -3.55. The van der Waals surface area contributed by atoms with E-state index in [0.29, 0.717) is 6.42 Å². The van der Waals surface area contributed by atoms with E-state index >= 15 is 0 Å². The number of ketones is 1. The molecule has 0 spiro atoms. The maximum atomic E-state index is 12.2. The molecule has 0 bridgehead atoms. The average molecular weight is 212 g/mol. The van der Waals surface area contributed by atoms with Gasteiger partial charge in [-0.25, -0.2) is 0 Å². The van der Waals surface area contributed by atoms with Crippen LogP contribution in [0.3, 0.4) is 0 Å². The Kier molecular flexibility index (Phi) is 1.74. The highest BCUT2D eigenvalue weighted by molar-refractivity contribution is 6.00. The lowest BCUT2D eigenvalue weighted by Crippen LogP contribution is -2.15. The first-order valence-corrected chi connectivity index (χ1v) is 4.33. The number of rotatable bonds is 0. The molecule has 0 heterocycles. The van der Waals surface area contributed by atoms with E-state index in [9.17, 15) is 18.0 Å². The Hall–Kier alpha value is -0.510. The first kappa shape index (κ1) is 9.06. The lowest BCUT2D eigenvalue weighted by molar-refractivity contribution is -0.361. The minimum absolute atomic E-state index is 0.132. The summed E-state index contributed by atoms with van der Waals surface area (Å²) in [7, 11) is 0. The summed E-state index contributed by atoms with van der Waals surface area (Å²) >= 11 is 4.25. The molecule has 0 aromatic rings. The van der Waals surface area contributed by atoms with Crippen molar-refractivity contribution in [3.05, 3.63) is 10.6 Å². The van der Waals surface area contributed by atoms with Gasteiger partial charge in [0.25, 0.3) is 0 Å². The quantitative estimate of drug-likeness (QED) is 0.558. The Balaban J connectivity index is 2.37. The zero-order valence-corrected chi connectivity index (χ0v) is 7.34. The summed E-state index contributed by atoms with van der Waals surface area (Å²) in [6.45, 7) is 0. The third kappa shape index (κ3) is 1.37. The monoisotopic (exact) mass is 211 g/mol. The number of hydrogen-bond donors (Lipinski definition) is 0. The molecule has 2 aliphatic rings. The number of Topliss-reactive ketones (excluding diaryl/α,β-unsaturated/α-hetero) is 1. The number of hydrogen-bond acceptors (Lipinski definition) is 1. The normalized spacial score (nSPS) is 36.2. The van der Waals surface area contributed by atoms with Crippen LogP contribution in [0.4, 0.5) is 13.2 Å². The Morgan fingerprint density at radius 1 is 1.46 bits per heavy atom. The lowest BCUT2D eigenvalue weighted by Gasteiger charge is -2.01. The van der Waals surface area contributed by atoms with Crippen LogP contribution in [0.2, 0.25) is 0 Å². The van der Waals surface area contributed by atoms with Crippen LogP contribution in [-0.2, 0) is 4.79 Å². The highest BCUT2D eigenvalue weighted by Crippen LogP contribution is 2.55. The highest BCUT2D eigenvalue weighted by atomic mass is 35.5. The molecule has 0 N–H and O–H groups in total. The molecular weight excluding hydrogens is 205 g/mol. The van der Waals surface area contributed by atoms with Crippen molar-refractivity contribution in [1.29, 1.82) is 0 Å². The smallest absolute Gasteiger partial charge is 0.294 e. The van der Waals surface area contributed by atoms with Crippen molar-refractivity contribution in [1.82, 2.24) is 0 Å². The third-order valence-corrected chi connectivity index (χ3v) is 2.99. The van der Waals surface area contributed by atoms with Gasteiger partial charge in [0.05, 0.1) is 5.57 Å². The molecule has 0 aliphatic heterocycles. The van der Waals surface area contributed by atoms with Gasteiger partial charge in [-0.3, -0.25) is 4.79 Å². The van der Waals surface area contributed by atoms with Gasteiger partial charge < -0.3 is 0 Å². The van der Waals surface area contributed by atoms with E-state index in [1.54, 1.807) is 0 Å². The zero-order valence-electron chi connectivity index (χ0n) is 6.52. The minimum Gasteiger partial charge on any atom is -0.294 e. The fraction of sp³-hybridized carbons (Fsp3) is 0.625. The fourth-order valence-electron chi connectivity index (χ4n) is 1.83. The fourth-order valence-corrected chi connectivity index (χ4v) is 2.09. The van der Waals surface area contributed by atoms with Gasteiger partial charge in [0.1, 0.15) is 0 Å². The van der Waals surface area contributed by atoms with Crippen molar-refractivity contribution >= 4 is 5.78 Å². The van der Waals surface area contributed by atoms with Crippen molar-refractivity contribution in [3.63, 3.8) is 0 Å². The summed E-state index contributed by atoms with van der Waals surface area (Å²) in [5.74, 6) is -0.423. The predicted molar refractivity (Wildman–Crippen MR) is 35.7 cm³/mol. The molecule has 0 aromatic carbocycles. The van der Waals surface area contributed by atoms with Crippen molar-refractivity contribution < 1.29 is 29.6 Å². The molecule has 0 radical (unpaired) electrons. The van der Waals surface area contributed by atoms with Crippen LogP contribution in [0.5, 0.6) is 0 Å². The molecule has 5 heteroatoms. The van der Waals surface area contributed by atoms with Gasteiger partial charge in [0.2, 0.25) is 0 Å². The highest BCUT2D eigenvalue weighted by Gasteiger charge is 2.56. The molecule has 2 aliphatic carbocycles. The maximum absolute atomic E-state index is 12.2. The van der Waals surface area contributed by atoms with Gasteiger partial charge in [0.15, 0.2) is 17.4 Å². The summed E-state index contributed by atoms with van der Waals surface area (Å²) < 4.78 is 36.5. The average Bonchev–Trinajstić information content (AvgIpc) is 2.61. The second kappa shape index (κ2) is 2.50. The van der Waals surface area contributed by atoms with Gasteiger partial charge >= 0.3 is 11.2 Å². The van der Waals surface area contributed by atoms with Crippen LogP contribution < -0.4 is 0 Å². The number of alkyl halides is 3. The van der Waals surface area contributed by atoms with Gasteiger partial charge in [0, 0.05) is 6.42 Å². The molecule has 2 fully saturated rings. The number of halogens is 4. The van der Waals surface area contributed by atoms with Crippen molar-refractivity contribution in [2.24, 2.45) is 11.8 Å². The number of carbonyl (C=O) groups excluding carboxylic acids is 1. The molecule has 2 unspecified atom stereocenters. The molecule has 0 amide bonds. The second-order valence-electron chi connectivity index (χ2n) is 3.47. The predicted octanol–water partition coefficient (Wildman–Crippen LogP) is 1.69. The molecule has 1 nitrogen and oxygen atoms in total. The summed E-state index contributed by atoms with van der Waals surface area (Å²) in [6, 6.07) is 0. The molecule has 0 aromatic heterocycles. The maximum Gasteiger partial charge on any atom is 0.472 e. The minimum atomic E-state index is -4.52. The van der Waals surface area contributed by atoms with Gasteiger partial charge in [-0.2, -0.15) is 13.2 Å². The Labute approximate surface area is 77.6 Å². The second-order valence-corrected chi connectivity index (χ2v) is 3.88. The standard InChI is InChI=1S/C8H7ClF3O/c9-7(8(10,11)12)6-4-1-3(4)2-5(6)13/h3-4,9H,1-2H2/q+1/b7-6-. The van der Waals surface area contributed by atoms with Crippen LogP contribution in [0.1, 0.15) is 12.8 Å². The van der Waals surface area contributed by atoms with Crippen LogP contribution in [-0.4, -0.2) is 12.0 Å². The Bertz CT molecular complexity index is 305. The van der Waals surface area contributed by atoms with Crippen molar-refractivity contribution in [3.8, 4) is 0 Å². The van der Waals surface area contributed by atoms with Gasteiger partial charge in [-0.1, -0.05) is 0 Å². The van der Waals surface area contributed by atoms with E-state index in [2.05, 4.69) is 11.6 Å². The molecule has 0 saturated heterocycles. The summed E-state index contributed by atoms with van der Waals surface area (Å²) in [5, 5.41) is -1.09. The van der Waals surface area contributed by atoms with Gasteiger partial charge in [-0.05, 0) is 18.3 Å². The Morgan fingerprint density at radius 2 is 2.08 bits per heavy atom. The SMILES string of the molecule is O=C1CC2CC2/C1=C(/[ClH+])C(F)(F)F. The summed E-state index contributed by atoms with van der Waals surface area (Å²) in [5.41, 5.74) is -0.132. The topological polar surface area (TPSA) is 17.1 Å². The number of allylic oxidation sites excluding steroid dienone is 2. The molecular formula is C8H7ClF3O+. The van der Waals surface area contributed by atoms with E-state index in [-0.39, 0.29) is 23.8 Å². The van der Waals surface area contributed by atoms with E-state index in [1.165, 1.54) is 0 Å². The van der Waals surface area contributed by atoms with Crippen LogP contribution in [0, 0.1) is 23.4 Å². The van der Waals surface area contributed by atoms with Crippen molar-refractivity contribution in [2.75, 3.05) is 0 Å². The molecule has 2 rings (SSSR count). The molecule has 2 atom stereocenters. The number of fused-ring (bicyclic) bond motifs is 1. The van der Waals surface area contributed by atoms with Crippen molar-refractivity contribution in [2.45, 2.75) is 19.0 Å². The molecule has 13 heavy (non-hydrogen) atoms. The van der Waals surface area contributed by atoms with E-state index in [0.717, 1.165) is 0 Å². The first-order valence-electron chi connectivity index (χ1n) is 3.93. The number of carbonyl (C=O) groups is 1. The van der Waals surface area contributed by atoms with Gasteiger partial charge in [-0.15, -0.1) is 0 Å². The molecule has 72 valence electrons. The van der Waals surface area contributed by atoms with E-state index < -0.39 is 17.0 Å². The van der Waals surface area contributed by atoms with Crippen LogP contribution in [0.15, 0.2) is 10.6 Å². The first-order chi connectivity index (χ1) is 5.91. The largest absolute Gasteiger partial charge is 0.472 e. The lowest BCUT2D eigenvalue weighted by atomic mass is 10.1. The third-order valence-electron chi connectivity index (χ3n) is 2.54.